The van der Waals surface area contributed by atoms with Crippen LogP contribution < -0.4 is 4.90 Å². The summed E-state index contributed by atoms with van der Waals surface area (Å²) in [5.41, 5.74) is 1.93. The van der Waals surface area contributed by atoms with Gasteiger partial charge in [-0.05, 0) is 23.8 Å². The number of rotatable bonds is 5. The molecule has 0 amide bonds. The van der Waals surface area contributed by atoms with Crippen molar-refractivity contribution in [1.29, 1.82) is 0 Å². The van der Waals surface area contributed by atoms with Gasteiger partial charge in [0.2, 0.25) is 0 Å². The number of anilines is 1. The number of hydrogen-bond donors (Lipinski definition) is 1. The first kappa shape index (κ1) is 14.5. The molecule has 0 radical (unpaired) electrons. The maximum absolute atomic E-state index is 10.8. The van der Waals surface area contributed by atoms with Crippen LogP contribution in [0.3, 0.4) is 0 Å². The van der Waals surface area contributed by atoms with Gasteiger partial charge in [0.25, 0.3) is 5.69 Å². The van der Waals surface area contributed by atoms with E-state index in [1.54, 1.807) is 36.4 Å². The molecule has 1 N–H and O–H groups in total. The minimum Gasteiger partial charge on any atom is -0.478 e. The first-order valence-corrected chi connectivity index (χ1v) is 6.25. The van der Waals surface area contributed by atoms with Crippen molar-refractivity contribution in [3.63, 3.8) is 0 Å². The molecule has 0 aromatic heterocycles. The standard InChI is InChI=1S/C15H14N2O4/c1-16(13-3-2-4-14(9-13)17(20)21)10-11-5-7-12(8-6-11)15(18)19/h2-9H,10H2,1H3,(H,18,19). The molecule has 0 aliphatic carbocycles. The Labute approximate surface area is 121 Å². The first-order valence-electron chi connectivity index (χ1n) is 6.25. The fourth-order valence-corrected chi connectivity index (χ4v) is 1.96. The second kappa shape index (κ2) is 6.04. The Morgan fingerprint density at radius 2 is 1.90 bits per heavy atom. The van der Waals surface area contributed by atoms with Gasteiger partial charge in [0.05, 0.1) is 10.5 Å². The molecular formula is C15H14N2O4. The number of hydrogen-bond acceptors (Lipinski definition) is 4. The van der Waals surface area contributed by atoms with Crippen LogP contribution in [0.2, 0.25) is 0 Å². The number of carboxylic acid groups (broad SMARTS) is 1. The fourth-order valence-electron chi connectivity index (χ4n) is 1.96. The summed E-state index contributed by atoms with van der Waals surface area (Å²) in [5.74, 6) is -0.964. The average molecular weight is 286 g/mol. The molecule has 0 unspecified atom stereocenters. The van der Waals surface area contributed by atoms with E-state index in [1.165, 1.54) is 12.1 Å². The SMILES string of the molecule is CN(Cc1ccc(C(=O)O)cc1)c1cccc([N+](=O)[O-])c1. The van der Waals surface area contributed by atoms with Crippen LogP contribution in [0.4, 0.5) is 11.4 Å². The lowest BCUT2D eigenvalue weighted by Gasteiger charge is -2.19. The monoisotopic (exact) mass is 286 g/mol. The quantitative estimate of drug-likeness (QED) is 0.675. The van der Waals surface area contributed by atoms with Gasteiger partial charge in [0.15, 0.2) is 0 Å². The van der Waals surface area contributed by atoms with E-state index >= 15 is 0 Å². The summed E-state index contributed by atoms with van der Waals surface area (Å²) in [4.78, 5) is 23.0. The maximum atomic E-state index is 10.8. The number of aromatic carboxylic acids is 1. The van der Waals surface area contributed by atoms with E-state index in [-0.39, 0.29) is 11.3 Å². The number of nitro groups is 1. The lowest BCUT2D eigenvalue weighted by atomic mass is 10.1. The van der Waals surface area contributed by atoms with Crippen LogP contribution in [0.25, 0.3) is 0 Å². The molecular weight excluding hydrogens is 272 g/mol. The van der Waals surface area contributed by atoms with Crippen LogP contribution in [0.15, 0.2) is 48.5 Å². The molecule has 2 rings (SSSR count). The van der Waals surface area contributed by atoms with Crippen LogP contribution in [0, 0.1) is 10.1 Å². The molecule has 6 nitrogen and oxygen atoms in total. The third-order valence-corrected chi connectivity index (χ3v) is 3.10. The van der Waals surface area contributed by atoms with Gasteiger partial charge in [-0.25, -0.2) is 4.79 Å². The predicted octanol–water partition coefficient (Wildman–Crippen LogP) is 2.93. The van der Waals surface area contributed by atoms with Crippen molar-refractivity contribution < 1.29 is 14.8 Å². The number of carbonyl (C=O) groups is 1. The summed E-state index contributed by atoms with van der Waals surface area (Å²) in [5, 5.41) is 19.6. The lowest BCUT2D eigenvalue weighted by Crippen LogP contribution is -2.16. The van der Waals surface area contributed by atoms with E-state index < -0.39 is 10.9 Å². The summed E-state index contributed by atoms with van der Waals surface area (Å²) in [6, 6.07) is 12.9. The molecule has 2 aromatic rings. The van der Waals surface area contributed by atoms with E-state index in [9.17, 15) is 14.9 Å². The molecule has 0 heterocycles. The molecule has 21 heavy (non-hydrogen) atoms. The van der Waals surface area contributed by atoms with Gasteiger partial charge in [-0.3, -0.25) is 10.1 Å². The molecule has 6 heteroatoms. The Kier molecular flexibility index (Phi) is 4.18. The maximum Gasteiger partial charge on any atom is 0.335 e. The van der Waals surface area contributed by atoms with Crippen LogP contribution >= 0.6 is 0 Å². The van der Waals surface area contributed by atoms with Gasteiger partial charge in [0, 0.05) is 31.4 Å². The van der Waals surface area contributed by atoms with E-state index in [0.717, 1.165) is 11.3 Å². The van der Waals surface area contributed by atoms with Crippen LogP contribution in [-0.2, 0) is 6.54 Å². The van der Waals surface area contributed by atoms with E-state index in [2.05, 4.69) is 0 Å². The number of carboxylic acids is 1. The summed E-state index contributed by atoms with van der Waals surface area (Å²) >= 11 is 0. The van der Waals surface area contributed by atoms with Crippen LogP contribution in [0.1, 0.15) is 15.9 Å². The van der Waals surface area contributed by atoms with Gasteiger partial charge >= 0.3 is 5.97 Å². The average Bonchev–Trinajstić information content (AvgIpc) is 2.48. The van der Waals surface area contributed by atoms with Gasteiger partial charge < -0.3 is 10.0 Å². The van der Waals surface area contributed by atoms with Crippen molar-refractivity contribution in [3.8, 4) is 0 Å². The smallest absolute Gasteiger partial charge is 0.335 e. The van der Waals surface area contributed by atoms with E-state index in [4.69, 9.17) is 5.11 Å². The highest BCUT2D eigenvalue weighted by molar-refractivity contribution is 5.87. The molecule has 0 aliphatic heterocycles. The first-order chi connectivity index (χ1) is 9.97. The number of nitro benzene ring substituents is 1. The number of benzene rings is 2. The van der Waals surface area contributed by atoms with Crippen molar-refractivity contribution in [1.82, 2.24) is 0 Å². The highest BCUT2D eigenvalue weighted by Gasteiger charge is 2.09. The van der Waals surface area contributed by atoms with Crippen molar-refractivity contribution in [2.45, 2.75) is 6.54 Å². The molecule has 0 fully saturated rings. The van der Waals surface area contributed by atoms with Crippen molar-refractivity contribution in [3.05, 3.63) is 69.8 Å². The summed E-state index contributed by atoms with van der Waals surface area (Å²) in [7, 11) is 1.82. The van der Waals surface area contributed by atoms with Gasteiger partial charge in [-0.1, -0.05) is 18.2 Å². The molecule has 0 bridgehead atoms. The Balaban J connectivity index is 2.13. The molecule has 0 aliphatic rings. The van der Waals surface area contributed by atoms with Crippen molar-refractivity contribution in [2.75, 3.05) is 11.9 Å². The largest absolute Gasteiger partial charge is 0.478 e. The minimum absolute atomic E-state index is 0.0422. The summed E-state index contributed by atoms with van der Waals surface area (Å²) in [6.07, 6.45) is 0. The van der Waals surface area contributed by atoms with Gasteiger partial charge in [-0.15, -0.1) is 0 Å². The van der Waals surface area contributed by atoms with Crippen molar-refractivity contribution >= 4 is 17.3 Å². The fraction of sp³-hybridized carbons (Fsp3) is 0.133. The van der Waals surface area contributed by atoms with E-state index in [0.29, 0.717) is 6.54 Å². The second-order valence-corrected chi connectivity index (χ2v) is 4.64. The summed E-state index contributed by atoms with van der Waals surface area (Å²) < 4.78 is 0. The van der Waals surface area contributed by atoms with Gasteiger partial charge in [-0.2, -0.15) is 0 Å². The lowest BCUT2D eigenvalue weighted by molar-refractivity contribution is -0.384. The molecule has 0 saturated heterocycles. The number of nitrogens with zero attached hydrogens (tertiary/aromatic N) is 2. The number of non-ortho nitro benzene ring substituents is 1. The topological polar surface area (TPSA) is 83.7 Å². The highest BCUT2D eigenvalue weighted by atomic mass is 16.6. The molecule has 2 aromatic carbocycles. The Hall–Kier alpha value is -2.89. The third kappa shape index (κ3) is 3.56. The Bertz CT molecular complexity index is 668. The molecule has 0 atom stereocenters. The normalized spacial score (nSPS) is 10.1. The zero-order chi connectivity index (χ0) is 15.4. The highest BCUT2D eigenvalue weighted by Crippen LogP contribution is 2.21. The Morgan fingerprint density at radius 3 is 2.48 bits per heavy atom. The zero-order valence-corrected chi connectivity index (χ0v) is 11.4. The van der Waals surface area contributed by atoms with Crippen LogP contribution in [0.5, 0.6) is 0 Å². The molecule has 0 saturated carbocycles. The minimum atomic E-state index is -0.964. The zero-order valence-electron chi connectivity index (χ0n) is 11.4. The molecule has 108 valence electrons. The van der Waals surface area contributed by atoms with E-state index in [1.807, 2.05) is 11.9 Å². The van der Waals surface area contributed by atoms with Crippen LogP contribution in [-0.4, -0.2) is 23.0 Å². The van der Waals surface area contributed by atoms with Gasteiger partial charge in [0.1, 0.15) is 0 Å². The summed E-state index contributed by atoms with van der Waals surface area (Å²) in [6.45, 7) is 0.529. The predicted molar refractivity (Wildman–Crippen MR) is 78.6 cm³/mol. The molecule has 0 spiro atoms. The Morgan fingerprint density at radius 1 is 1.24 bits per heavy atom. The third-order valence-electron chi connectivity index (χ3n) is 3.10. The van der Waals surface area contributed by atoms with Crippen molar-refractivity contribution in [2.24, 2.45) is 0 Å². The second-order valence-electron chi connectivity index (χ2n) is 4.64.